The largest absolute Gasteiger partial charge is 0.481 e. The highest BCUT2D eigenvalue weighted by molar-refractivity contribution is 5.47. The minimum atomic E-state index is 0.485. The lowest BCUT2D eigenvalue weighted by atomic mass is 10.1. The second kappa shape index (κ2) is 6.33. The lowest BCUT2D eigenvalue weighted by molar-refractivity contribution is 0.398. The van der Waals surface area contributed by atoms with Crippen molar-refractivity contribution >= 4 is 5.69 Å². The molecule has 1 heterocycles. The zero-order valence-corrected chi connectivity index (χ0v) is 10.3. The predicted molar refractivity (Wildman–Crippen MR) is 66.9 cm³/mol. The molecule has 0 aliphatic heterocycles. The first-order valence-electron chi connectivity index (χ1n) is 5.66. The molecule has 16 heavy (non-hydrogen) atoms. The van der Waals surface area contributed by atoms with Crippen molar-refractivity contribution in [1.82, 2.24) is 4.98 Å². The van der Waals surface area contributed by atoms with Gasteiger partial charge in [-0.15, -0.1) is 0 Å². The van der Waals surface area contributed by atoms with E-state index in [9.17, 15) is 0 Å². The maximum absolute atomic E-state index is 5.65. The molecule has 4 nitrogen and oxygen atoms in total. The number of nitrogens with zero attached hydrogens (tertiary/aromatic N) is 2. The summed E-state index contributed by atoms with van der Waals surface area (Å²) in [4.78, 5) is 6.38. The second-order valence-electron chi connectivity index (χ2n) is 3.94. The molecule has 0 aromatic carbocycles. The van der Waals surface area contributed by atoms with Crippen molar-refractivity contribution in [2.45, 2.75) is 13.8 Å². The molecule has 0 amide bonds. The summed E-state index contributed by atoms with van der Waals surface area (Å²) in [5.41, 5.74) is 6.78. The molecule has 1 rings (SSSR count). The van der Waals surface area contributed by atoms with Crippen molar-refractivity contribution in [3.05, 3.63) is 18.3 Å². The molecule has 4 heteroatoms. The third-order valence-electron chi connectivity index (χ3n) is 2.61. The van der Waals surface area contributed by atoms with Gasteiger partial charge in [0, 0.05) is 31.0 Å². The van der Waals surface area contributed by atoms with Crippen LogP contribution in [-0.4, -0.2) is 31.7 Å². The molecule has 0 fully saturated rings. The van der Waals surface area contributed by atoms with E-state index in [-0.39, 0.29) is 0 Å². The highest BCUT2D eigenvalue weighted by Gasteiger charge is 2.09. The summed E-state index contributed by atoms with van der Waals surface area (Å²) in [6, 6.07) is 3.95. The van der Waals surface area contributed by atoms with Crippen LogP contribution in [0.15, 0.2) is 18.3 Å². The van der Waals surface area contributed by atoms with Crippen LogP contribution in [0.4, 0.5) is 5.69 Å². The van der Waals surface area contributed by atoms with Crippen LogP contribution in [0.5, 0.6) is 5.88 Å². The van der Waals surface area contributed by atoms with E-state index in [4.69, 9.17) is 10.5 Å². The molecular formula is C12H21N3O. The minimum Gasteiger partial charge on any atom is -0.481 e. The zero-order valence-electron chi connectivity index (χ0n) is 10.3. The number of pyridine rings is 1. The molecule has 0 saturated carbocycles. The Morgan fingerprint density at radius 1 is 1.56 bits per heavy atom. The van der Waals surface area contributed by atoms with Crippen molar-refractivity contribution < 1.29 is 4.74 Å². The van der Waals surface area contributed by atoms with Crippen LogP contribution in [-0.2, 0) is 0 Å². The summed E-state index contributed by atoms with van der Waals surface area (Å²) in [6.45, 7) is 6.91. The summed E-state index contributed by atoms with van der Waals surface area (Å²) < 4.78 is 5.12. The quantitative estimate of drug-likeness (QED) is 0.794. The van der Waals surface area contributed by atoms with E-state index in [0.29, 0.717) is 18.3 Å². The number of nitrogens with two attached hydrogens (primary N) is 1. The van der Waals surface area contributed by atoms with Gasteiger partial charge in [0.05, 0.1) is 7.11 Å². The number of ether oxygens (including phenoxy) is 1. The summed E-state index contributed by atoms with van der Waals surface area (Å²) in [6.07, 6.45) is 1.77. The third kappa shape index (κ3) is 3.38. The van der Waals surface area contributed by atoms with Crippen LogP contribution in [0.25, 0.3) is 0 Å². The van der Waals surface area contributed by atoms with E-state index >= 15 is 0 Å². The average Bonchev–Trinajstić information content (AvgIpc) is 2.35. The Morgan fingerprint density at radius 2 is 2.31 bits per heavy atom. The fourth-order valence-electron chi connectivity index (χ4n) is 1.58. The monoisotopic (exact) mass is 223 g/mol. The van der Waals surface area contributed by atoms with E-state index < -0.39 is 0 Å². The van der Waals surface area contributed by atoms with Crippen molar-refractivity contribution in [3.63, 3.8) is 0 Å². The van der Waals surface area contributed by atoms with Gasteiger partial charge in [-0.3, -0.25) is 0 Å². The van der Waals surface area contributed by atoms with Crippen LogP contribution in [0.2, 0.25) is 0 Å². The van der Waals surface area contributed by atoms with E-state index in [1.165, 1.54) is 0 Å². The molecule has 1 aromatic heterocycles. The summed E-state index contributed by atoms with van der Waals surface area (Å²) in [7, 11) is 1.63. The molecule has 0 spiro atoms. The standard InChI is InChI=1S/C12H21N3O/c1-4-15(9-10(2)8-13)11-5-6-14-12(7-11)16-3/h5-7,10H,4,8-9,13H2,1-3H3. The Hall–Kier alpha value is -1.29. The number of aromatic nitrogens is 1. The Labute approximate surface area is 97.4 Å². The van der Waals surface area contributed by atoms with E-state index in [1.807, 2.05) is 12.1 Å². The Morgan fingerprint density at radius 3 is 2.88 bits per heavy atom. The number of hydrogen-bond donors (Lipinski definition) is 1. The maximum Gasteiger partial charge on any atom is 0.214 e. The number of methoxy groups -OCH3 is 1. The van der Waals surface area contributed by atoms with Gasteiger partial charge in [-0.2, -0.15) is 0 Å². The van der Waals surface area contributed by atoms with Gasteiger partial charge in [-0.1, -0.05) is 6.92 Å². The van der Waals surface area contributed by atoms with Gasteiger partial charge in [-0.25, -0.2) is 4.98 Å². The SMILES string of the molecule is CCN(CC(C)CN)c1ccnc(OC)c1. The first-order chi connectivity index (χ1) is 7.71. The maximum atomic E-state index is 5.65. The Balaban J connectivity index is 2.77. The molecule has 0 saturated heterocycles. The van der Waals surface area contributed by atoms with Crippen molar-refractivity contribution in [1.29, 1.82) is 0 Å². The molecule has 1 atom stereocenters. The van der Waals surface area contributed by atoms with Crippen molar-refractivity contribution in [2.75, 3.05) is 31.6 Å². The van der Waals surface area contributed by atoms with Crippen LogP contribution in [0.3, 0.4) is 0 Å². The topological polar surface area (TPSA) is 51.4 Å². The van der Waals surface area contributed by atoms with Crippen molar-refractivity contribution in [3.8, 4) is 5.88 Å². The van der Waals surface area contributed by atoms with Crippen molar-refractivity contribution in [2.24, 2.45) is 11.7 Å². The van der Waals surface area contributed by atoms with Gasteiger partial charge in [0.2, 0.25) is 5.88 Å². The smallest absolute Gasteiger partial charge is 0.214 e. The summed E-state index contributed by atoms with van der Waals surface area (Å²) in [5, 5.41) is 0. The molecule has 1 aromatic rings. The predicted octanol–water partition coefficient (Wildman–Crippen LogP) is 1.51. The molecule has 2 N–H and O–H groups in total. The first-order valence-corrected chi connectivity index (χ1v) is 5.66. The Bertz CT molecular complexity index is 317. The van der Waals surface area contributed by atoms with Gasteiger partial charge in [0.15, 0.2) is 0 Å². The van der Waals surface area contributed by atoms with E-state index in [1.54, 1.807) is 13.3 Å². The van der Waals surface area contributed by atoms with E-state index in [0.717, 1.165) is 18.8 Å². The van der Waals surface area contributed by atoms with Crippen LogP contribution in [0.1, 0.15) is 13.8 Å². The fraction of sp³-hybridized carbons (Fsp3) is 0.583. The lowest BCUT2D eigenvalue weighted by Crippen LogP contribution is -2.31. The van der Waals surface area contributed by atoms with Crippen LogP contribution >= 0.6 is 0 Å². The number of rotatable bonds is 6. The van der Waals surface area contributed by atoms with E-state index in [2.05, 4.69) is 23.7 Å². The van der Waals surface area contributed by atoms with Gasteiger partial charge < -0.3 is 15.4 Å². The Kier molecular flexibility index (Phi) is 5.05. The lowest BCUT2D eigenvalue weighted by Gasteiger charge is -2.26. The highest BCUT2D eigenvalue weighted by Crippen LogP contribution is 2.19. The average molecular weight is 223 g/mol. The third-order valence-corrected chi connectivity index (χ3v) is 2.61. The minimum absolute atomic E-state index is 0.485. The second-order valence-corrected chi connectivity index (χ2v) is 3.94. The highest BCUT2D eigenvalue weighted by atomic mass is 16.5. The molecule has 0 radical (unpaired) electrons. The zero-order chi connectivity index (χ0) is 12.0. The van der Waals surface area contributed by atoms with Gasteiger partial charge in [-0.05, 0) is 25.5 Å². The van der Waals surface area contributed by atoms with Crippen LogP contribution < -0.4 is 15.4 Å². The van der Waals surface area contributed by atoms with Gasteiger partial charge in [0.25, 0.3) is 0 Å². The molecule has 0 bridgehead atoms. The number of anilines is 1. The molecule has 90 valence electrons. The van der Waals surface area contributed by atoms with Gasteiger partial charge in [0.1, 0.15) is 0 Å². The molecule has 0 aliphatic carbocycles. The number of hydrogen-bond acceptors (Lipinski definition) is 4. The van der Waals surface area contributed by atoms with Crippen LogP contribution in [0, 0.1) is 5.92 Å². The molecule has 0 aliphatic rings. The first kappa shape index (κ1) is 12.8. The fourth-order valence-corrected chi connectivity index (χ4v) is 1.58. The summed E-state index contributed by atoms with van der Waals surface area (Å²) in [5.74, 6) is 1.13. The summed E-state index contributed by atoms with van der Waals surface area (Å²) >= 11 is 0. The van der Waals surface area contributed by atoms with Gasteiger partial charge >= 0.3 is 0 Å². The molecular weight excluding hydrogens is 202 g/mol. The normalized spacial score (nSPS) is 12.2. The molecule has 1 unspecified atom stereocenters.